The molecule has 1 heterocycles. The van der Waals surface area contributed by atoms with E-state index in [-0.39, 0.29) is 6.04 Å². The highest BCUT2D eigenvalue weighted by Crippen LogP contribution is 2.17. The van der Waals surface area contributed by atoms with Gasteiger partial charge in [0.1, 0.15) is 5.82 Å². The molecule has 2 rings (SSSR count). The highest BCUT2D eigenvalue weighted by Gasteiger charge is 2.08. The zero-order valence-electron chi connectivity index (χ0n) is 10.2. The van der Waals surface area contributed by atoms with E-state index < -0.39 is 0 Å². The number of nitrogens with zero attached hydrogens (tertiary/aromatic N) is 2. The second kappa shape index (κ2) is 5.64. The Labute approximate surface area is 102 Å². The lowest BCUT2D eigenvalue weighted by Gasteiger charge is -2.13. The summed E-state index contributed by atoms with van der Waals surface area (Å²) in [4.78, 5) is 4.41. The van der Waals surface area contributed by atoms with E-state index in [0.717, 1.165) is 30.8 Å². The average molecular weight is 229 g/mol. The van der Waals surface area contributed by atoms with Crippen molar-refractivity contribution < 1.29 is 0 Å². The Hall–Kier alpha value is -1.61. The van der Waals surface area contributed by atoms with Crippen LogP contribution in [0.2, 0.25) is 0 Å². The van der Waals surface area contributed by atoms with Gasteiger partial charge in [-0.1, -0.05) is 43.7 Å². The molecule has 0 aliphatic heterocycles. The smallest absolute Gasteiger partial charge is 0.139 e. The van der Waals surface area contributed by atoms with Gasteiger partial charge in [0.2, 0.25) is 0 Å². The highest BCUT2D eigenvalue weighted by atomic mass is 15.1. The molecular formula is C14H19N3. The fourth-order valence-electron chi connectivity index (χ4n) is 2.02. The molecule has 0 saturated heterocycles. The number of aromatic nitrogens is 2. The zero-order chi connectivity index (χ0) is 12.1. The van der Waals surface area contributed by atoms with Crippen molar-refractivity contribution in [2.45, 2.75) is 32.4 Å². The summed E-state index contributed by atoms with van der Waals surface area (Å²) < 4.78 is 2.13. The largest absolute Gasteiger partial charge is 0.329 e. The van der Waals surface area contributed by atoms with Gasteiger partial charge in [0.15, 0.2) is 0 Å². The van der Waals surface area contributed by atoms with Crippen LogP contribution in [-0.2, 0) is 6.54 Å². The van der Waals surface area contributed by atoms with Crippen LogP contribution in [-0.4, -0.2) is 15.6 Å². The van der Waals surface area contributed by atoms with Crippen molar-refractivity contribution in [2.24, 2.45) is 5.73 Å². The van der Waals surface area contributed by atoms with Crippen molar-refractivity contribution >= 4 is 0 Å². The van der Waals surface area contributed by atoms with Crippen molar-refractivity contribution in [2.75, 3.05) is 0 Å². The van der Waals surface area contributed by atoms with Crippen LogP contribution in [0.25, 0.3) is 11.4 Å². The Morgan fingerprint density at radius 1 is 1.29 bits per heavy atom. The standard InChI is InChI=1S/C14H19N3/c1-2-6-13(15)11-17-10-9-16-14(17)12-7-4-3-5-8-12/h3-5,7-10,13H,2,6,11,15H2,1H3. The number of hydrogen-bond donors (Lipinski definition) is 1. The summed E-state index contributed by atoms with van der Waals surface area (Å²) in [5, 5.41) is 0. The summed E-state index contributed by atoms with van der Waals surface area (Å²) in [5.41, 5.74) is 7.21. The highest BCUT2D eigenvalue weighted by molar-refractivity contribution is 5.55. The van der Waals surface area contributed by atoms with Crippen LogP contribution in [0.4, 0.5) is 0 Å². The van der Waals surface area contributed by atoms with Crippen LogP contribution >= 0.6 is 0 Å². The second-order valence-corrected chi connectivity index (χ2v) is 4.32. The Morgan fingerprint density at radius 3 is 2.76 bits per heavy atom. The summed E-state index contributed by atoms with van der Waals surface area (Å²) in [5.74, 6) is 0.997. The lowest BCUT2D eigenvalue weighted by molar-refractivity contribution is 0.517. The van der Waals surface area contributed by atoms with Gasteiger partial charge < -0.3 is 10.3 Å². The normalized spacial score (nSPS) is 12.6. The third-order valence-electron chi connectivity index (χ3n) is 2.84. The molecule has 90 valence electrons. The van der Waals surface area contributed by atoms with Crippen molar-refractivity contribution in [3.63, 3.8) is 0 Å². The van der Waals surface area contributed by atoms with Gasteiger partial charge in [0.05, 0.1) is 0 Å². The second-order valence-electron chi connectivity index (χ2n) is 4.32. The molecule has 2 N–H and O–H groups in total. The molecule has 3 nitrogen and oxygen atoms in total. The third kappa shape index (κ3) is 2.94. The molecule has 1 unspecified atom stereocenters. The molecule has 0 amide bonds. The van der Waals surface area contributed by atoms with Crippen molar-refractivity contribution in [1.82, 2.24) is 9.55 Å². The first-order valence-electron chi connectivity index (χ1n) is 6.13. The zero-order valence-corrected chi connectivity index (χ0v) is 10.2. The number of rotatable bonds is 5. The Kier molecular flexibility index (Phi) is 3.94. The van der Waals surface area contributed by atoms with Gasteiger partial charge in [0, 0.05) is 30.5 Å². The van der Waals surface area contributed by atoms with Crippen LogP contribution in [0.15, 0.2) is 42.7 Å². The Morgan fingerprint density at radius 2 is 2.06 bits per heavy atom. The topological polar surface area (TPSA) is 43.8 Å². The Balaban J connectivity index is 2.18. The van der Waals surface area contributed by atoms with Gasteiger partial charge in [-0.25, -0.2) is 4.98 Å². The Bertz CT molecular complexity index is 448. The van der Waals surface area contributed by atoms with E-state index in [1.54, 1.807) is 0 Å². The van der Waals surface area contributed by atoms with E-state index in [1.807, 2.05) is 30.6 Å². The third-order valence-corrected chi connectivity index (χ3v) is 2.84. The van der Waals surface area contributed by atoms with Crippen LogP contribution in [0.1, 0.15) is 19.8 Å². The van der Waals surface area contributed by atoms with E-state index in [9.17, 15) is 0 Å². The van der Waals surface area contributed by atoms with E-state index >= 15 is 0 Å². The monoisotopic (exact) mass is 229 g/mol. The lowest BCUT2D eigenvalue weighted by atomic mass is 10.1. The van der Waals surface area contributed by atoms with E-state index in [2.05, 4.69) is 28.6 Å². The lowest BCUT2D eigenvalue weighted by Crippen LogP contribution is -2.25. The average Bonchev–Trinajstić information content (AvgIpc) is 2.78. The molecule has 0 saturated carbocycles. The van der Waals surface area contributed by atoms with Gasteiger partial charge in [-0.2, -0.15) is 0 Å². The molecule has 0 aliphatic carbocycles. The molecule has 3 heteroatoms. The van der Waals surface area contributed by atoms with Gasteiger partial charge in [-0.15, -0.1) is 0 Å². The summed E-state index contributed by atoms with van der Waals surface area (Å²) >= 11 is 0. The van der Waals surface area contributed by atoms with Crippen LogP contribution in [0, 0.1) is 0 Å². The first-order chi connectivity index (χ1) is 8.31. The number of hydrogen-bond acceptors (Lipinski definition) is 2. The molecule has 0 fully saturated rings. The predicted octanol–water partition coefficient (Wildman–Crippen LogP) is 2.68. The van der Waals surface area contributed by atoms with Crippen molar-refractivity contribution in [3.8, 4) is 11.4 Å². The van der Waals surface area contributed by atoms with E-state index in [1.165, 1.54) is 0 Å². The summed E-state index contributed by atoms with van der Waals surface area (Å²) in [6.07, 6.45) is 6.00. The maximum Gasteiger partial charge on any atom is 0.139 e. The van der Waals surface area contributed by atoms with E-state index in [4.69, 9.17) is 5.73 Å². The first-order valence-corrected chi connectivity index (χ1v) is 6.13. The fourth-order valence-corrected chi connectivity index (χ4v) is 2.02. The van der Waals surface area contributed by atoms with Gasteiger partial charge >= 0.3 is 0 Å². The minimum atomic E-state index is 0.205. The maximum atomic E-state index is 6.07. The number of imidazole rings is 1. The maximum absolute atomic E-state index is 6.07. The van der Waals surface area contributed by atoms with Crippen LogP contribution < -0.4 is 5.73 Å². The fraction of sp³-hybridized carbons (Fsp3) is 0.357. The summed E-state index contributed by atoms with van der Waals surface area (Å²) in [6, 6.07) is 10.4. The minimum Gasteiger partial charge on any atom is -0.329 e. The number of nitrogens with two attached hydrogens (primary N) is 1. The van der Waals surface area contributed by atoms with E-state index in [0.29, 0.717) is 0 Å². The molecule has 0 bridgehead atoms. The van der Waals surface area contributed by atoms with Gasteiger partial charge in [-0.3, -0.25) is 0 Å². The summed E-state index contributed by atoms with van der Waals surface area (Å²) in [6.45, 7) is 2.99. The SMILES string of the molecule is CCCC(N)Cn1ccnc1-c1ccccc1. The minimum absolute atomic E-state index is 0.205. The van der Waals surface area contributed by atoms with Crippen LogP contribution in [0.3, 0.4) is 0 Å². The molecular weight excluding hydrogens is 210 g/mol. The molecule has 1 atom stereocenters. The predicted molar refractivity (Wildman–Crippen MR) is 70.5 cm³/mol. The molecule has 0 radical (unpaired) electrons. The van der Waals surface area contributed by atoms with Gasteiger partial charge in [-0.05, 0) is 6.42 Å². The first kappa shape index (κ1) is 11.9. The van der Waals surface area contributed by atoms with Crippen molar-refractivity contribution in [1.29, 1.82) is 0 Å². The van der Waals surface area contributed by atoms with Gasteiger partial charge in [0.25, 0.3) is 0 Å². The molecule has 1 aromatic heterocycles. The summed E-state index contributed by atoms with van der Waals surface area (Å²) in [7, 11) is 0. The van der Waals surface area contributed by atoms with Crippen molar-refractivity contribution in [3.05, 3.63) is 42.7 Å². The molecule has 1 aromatic carbocycles. The van der Waals surface area contributed by atoms with Crippen LogP contribution in [0.5, 0.6) is 0 Å². The molecule has 17 heavy (non-hydrogen) atoms. The number of benzene rings is 1. The molecule has 2 aromatic rings. The molecule has 0 aliphatic rings. The molecule has 0 spiro atoms. The quantitative estimate of drug-likeness (QED) is 0.856.